The molecular formula is C24H20F3N3O3S. The molecule has 4 aromatic rings. The third kappa shape index (κ3) is 5.82. The van der Waals surface area contributed by atoms with Crippen LogP contribution in [-0.2, 0) is 12.7 Å². The van der Waals surface area contributed by atoms with E-state index < -0.39 is 17.7 Å². The average Bonchev–Trinajstić information content (AvgIpc) is 3.25. The standard InChI is InChI=1S/C24H20F3N3O3S/c25-24(26,27)17-11-9-16(10-12-17)15-30(23-29-18-5-1-2-7-20(18)34-23)13-4-14-33-21-8-3-6-19(28-21)22(31)32/h1-3,5-12H,4,13-15H2,(H,31,32). The zero-order valence-electron chi connectivity index (χ0n) is 17.8. The number of aromatic nitrogens is 2. The summed E-state index contributed by atoms with van der Waals surface area (Å²) < 4.78 is 45.3. The minimum Gasteiger partial charge on any atom is -0.478 e. The number of rotatable bonds is 9. The second kappa shape index (κ2) is 10.1. The van der Waals surface area contributed by atoms with Crippen LogP contribution >= 0.6 is 11.3 Å². The molecule has 10 heteroatoms. The summed E-state index contributed by atoms with van der Waals surface area (Å²) in [6.07, 6.45) is -3.82. The second-order valence-corrected chi connectivity index (χ2v) is 8.46. The van der Waals surface area contributed by atoms with E-state index in [2.05, 4.69) is 9.97 Å². The topological polar surface area (TPSA) is 75.6 Å². The van der Waals surface area contributed by atoms with Gasteiger partial charge in [-0.2, -0.15) is 13.2 Å². The lowest BCUT2D eigenvalue weighted by Crippen LogP contribution is -2.25. The van der Waals surface area contributed by atoms with E-state index in [1.54, 1.807) is 12.1 Å². The molecule has 2 aromatic heterocycles. The maximum atomic E-state index is 12.9. The van der Waals surface area contributed by atoms with Crippen LogP contribution in [0.15, 0.2) is 66.7 Å². The molecule has 0 aliphatic rings. The summed E-state index contributed by atoms with van der Waals surface area (Å²) in [5, 5.41) is 9.81. The Labute approximate surface area is 197 Å². The van der Waals surface area contributed by atoms with E-state index in [-0.39, 0.29) is 18.2 Å². The summed E-state index contributed by atoms with van der Waals surface area (Å²) in [6.45, 7) is 1.19. The van der Waals surface area contributed by atoms with Crippen molar-refractivity contribution in [2.45, 2.75) is 19.1 Å². The first-order valence-electron chi connectivity index (χ1n) is 10.4. The number of anilines is 1. The van der Waals surface area contributed by atoms with Gasteiger partial charge in [0, 0.05) is 19.2 Å². The van der Waals surface area contributed by atoms with Crippen molar-refractivity contribution < 1.29 is 27.8 Å². The summed E-state index contributed by atoms with van der Waals surface area (Å²) >= 11 is 1.51. The van der Waals surface area contributed by atoms with Gasteiger partial charge in [-0.05, 0) is 42.3 Å². The lowest BCUT2D eigenvalue weighted by molar-refractivity contribution is -0.137. The van der Waals surface area contributed by atoms with Gasteiger partial charge >= 0.3 is 12.1 Å². The summed E-state index contributed by atoms with van der Waals surface area (Å²) in [6, 6.07) is 17.3. The van der Waals surface area contributed by atoms with Crippen molar-refractivity contribution in [3.8, 4) is 5.88 Å². The lowest BCUT2D eigenvalue weighted by atomic mass is 10.1. The van der Waals surface area contributed by atoms with Gasteiger partial charge in [-0.15, -0.1) is 0 Å². The number of carboxylic acid groups (broad SMARTS) is 1. The van der Waals surface area contributed by atoms with E-state index in [9.17, 15) is 18.0 Å². The number of pyridine rings is 1. The Bertz CT molecular complexity index is 1240. The van der Waals surface area contributed by atoms with Crippen LogP contribution in [0.2, 0.25) is 0 Å². The van der Waals surface area contributed by atoms with Gasteiger partial charge in [0.2, 0.25) is 5.88 Å². The molecule has 0 saturated carbocycles. The van der Waals surface area contributed by atoms with Crippen molar-refractivity contribution in [2.24, 2.45) is 0 Å². The Morgan fingerprint density at radius 1 is 1.00 bits per heavy atom. The van der Waals surface area contributed by atoms with Crippen LogP contribution < -0.4 is 9.64 Å². The monoisotopic (exact) mass is 487 g/mol. The molecule has 4 rings (SSSR count). The predicted octanol–water partition coefficient (Wildman–Crippen LogP) is 5.88. The molecule has 0 aliphatic carbocycles. The summed E-state index contributed by atoms with van der Waals surface area (Å²) in [4.78, 5) is 21.7. The minimum absolute atomic E-state index is 0.101. The number of alkyl halides is 3. The van der Waals surface area contributed by atoms with Gasteiger partial charge in [0.15, 0.2) is 10.8 Å². The van der Waals surface area contributed by atoms with Crippen LogP contribution in [0.3, 0.4) is 0 Å². The number of benzene rings is 2. The molecular weight excluding hydrogens is 467 g/mol. The molecule has 34 heavy (non-hydrogen) atoms. The van der Waals surface area contributed by atoms with Gasteiger partial charge in [-0.25, -0.2) is 14.8 Å². The molecule has 6 nitrogen and oxygen atoms in total. The second-order valence-electron chi connectivity index (χ2n) is 7.45. The number of hydrogen-bond acceptors (Lipinski definition) is 6. The Kier molecular flexibility index (Phi) is 6.97. The van der Waals surface area contributed by atoms with Crippen LogP contribution in [0, 0.1) is 0 Å². The van der Waals surface area contributed by atoms with Crippen molar-refractivity contribution >= 4 is 32.7 Å². The molecule has 0 atom stereocenters. The van der Waals surface area contributed by atoms with Gasteiger partial charge in [0.25, 0.3) is 0 Å². The maximum absolute atomic E-state index is 12.9. The number of hydrogen-bond donors (Lipinski definition) is 1. The van der Waals surface area contributed by atoms with E-state index in [4.69, 9.17) is 9.84 Å². The number of halogens is 3. The van der Waals surface area contributed by atoms with Gasteiger partial charge < -0.3 is 14.7 Å². The molecule has 2 heterocycles. The highest BCUT2D eigenvalue weighted by Gasteiger charge is 2.30. The summed E-state index contributed by atoms with van der Waals surface area (Å²) in [5.41, 5.74) is 0.790. The predicted molar refractivity (Wildman–Crippen MR) is 123 cm³/mol. The van der Waals surface area contributed by atoms with Crippen LogP contribution in [0.5, 0.6) is 5.88 Å². The molecule has 0 saturated heterocycles. The van der Waals surface area contributed by atoms with Crippen molar-refractivity contribution in [3.63, 3.8) is 0 Å². The van der Waals surface area contributed by atoms with Gasteiger partial charge in [0.05, 0.1) is 22.4 Å². The van der Waals surface area contributed by atoms with E-state index in [0.717, 1.165) is 33.0 Å². The molecule has 0 radical (unpaired) electrons. The number of ether oxygens (including phenoxy) is 1. The van der Waals surface area contributed by atoms with Crippen LogP contribution in [-0.4, -0.2) is 34.2 Å². The Balaban J connectivity index is 1.46. The van der Waals surface area contributed by atoms with Gasteiger partial charge in [0.1, 0.15) is 0 Å². The van der Waals surface area contributed by atoms with E-state index in [0.29, 0.717) is 19.5 Å². The first-order chi connectivity index (χ1) is 16.3. The molecule has 0 spiro atoms. The first-order valence-corrected chi connectivity index (χ1v) is 11.2. The Morgan fingerprint density at radius 3 is 2.47 bits per heavy atom. The summed E-state index contributed by atoms with van der Waals surface area (Å²) in [5.74, 6) is -0.918. The SMILES string of the molecule is O=C(O)c1cccc(OCCCN(Cc2ccc(C(F)(F)F)cc2)c2nc3ccccc3s2)n1. The maximum Gasteiger partial charge on any atom is 0.416 e. The highest BCUT2D eigenvalue weighted by Crippen LogP contribution is 2.31. The molecule has 0 bridgehead atoms. The number of fused-ring (bicyclic) bond motifs is 1. The number of para-hydroxylation sites is 1. The molecule has 1 N–H and O–H groups in total. The molecule has 0 aliphatic heterocycles. The Morgan fingerprint density at radius 2 is 1.76 bits per heavy atom. The van der Waals surface area contributed by atoms with Gasteiger partial charge in [-0.1, -0.05) is 41.7 Å². The minimum atomic E-state index is -4.38. The van der Waals surface area contributed by atoms with E-state index >= 15 is 0 Å². The highest BCUT2D eigenvalue weighted by molar-refractivity contribution is 7.22. The smallest absolute Gasteiger partial charge is 0.416 e. The normalized spacial score (nSPS) is 11.5. The number of aromatic carboxylic acids is 1. The molecule has 176 valence electrons. The van der Waals surface area contributed by atoms with Crippen molar-refractivity contribution in [1.82, 2.24) is 9.97 Å². The van der Waals surface area contributed by atoms with Crippen LogP contribution in [0.4, 0.5) is 18.3 Å². The van der Waals surface area contributed by atoms with Crippen molar-refractivity contribution in [1.29, 1.82) is 0 Å². The number of carboxylic acids is 1. The van der Waals surface area contributed by atoms with Crippen LogP contribution in [0.25, 0.3) is 10.2 Å². The molecule has 0 fully saturated rings. The van der Waals surface area contributed by atoms with Crippen molar-refractivity contribution in [2.75, 3.05) is 18.1 Å². The average molecular weight is 488 g/mol. The fraction of sp³-hybridized carbons (Fsp3) is 0.208. The van der Waals surface area contributed by atoms with Crippen molar-refractivity contribution in [3.05, 3.63) is 83.6 Å². The van der Waals surface area contributed by atoms with Gasteiger partial charge in [-0.3, -0.25) is 0 Å². The summed E-state index contributed by atoms with van der Waals surface area (Å²) in [7, 11) is 0. The van der Waals surface area contributed by atoms with Crippen LogP contribution in [0.1, 0.15) is 28.0 Å². The molecule has 0 amide bonds. The Hall–Kier alpha value is -3.66. The third-order valence-electron chi connectivity index (χ3n) is 4.97. The zero-order chi connectivity index (χ0) is 24.1. The molecule has 2 aromatic carbocycles. The lowest BCUT2D eigenvalue weighted by Gasteiger charge is -2.22. The fourth-order valence-electron chi connectivity index (χ4n) is 3.30. The fourth-order valence-corrected chi connectivity index (χ4v) is 4.29. The van der Waals surface area contributed by atoms with E-state index in [1.807, 2.05) is 29.2 Å². The number of carbonyl (C=O) groups is 1. The first kappa shape index (κ1) is 23.5. The quantitative estimate of drug-likeness (QED) is 0.297. The number of nitrogens with zero attached hydrogens (tertiary/aromatic N) is 3. The largest absolute Gasteiger partial charge is 0.478 e. The third-order valence-corrected chi connectivity index (χ3v) is 6.07. The molecule has 0 unspecified atom stereocenters. The highest BCUT2D eigenvalue weighted by atomic mass is 32.1. The number of thiazole rings is 1. The zero-order valence-corrected chi connectivity index (χ0v) is 18.6. The van der Waals surface area contributed by atoms with E-state index in [1.165, 1.54) is 29.5 Å².